The molecular formula is C33H36N2O6S. The smallest absolute Gasteiger partial charge is 0.290 e. The number of benzene rings is 3. The fourth-order valence-corrected chi connectivity index (χ4v) is 7.11. The molecule has 0 amide bonds. The van der Waals surface area contributed by atoms with E-state index >= 15 is 0 Å². The molecule has 6 rings (SSSR count). The molecule has 8 nitrogen and oxygen atoms in total. The molecule has 220 valence electrons. The zero-order valence-electron chi connectivity index (χ0n) is 24.2. The van der Waals surface area contributed by atoms with Gasteiger partial charge < -0.3 is 14.6 Å². The molecule has 42 heavy (non-hydrogen) atoms. The van der Waals surface area contributed by atoms with Gasteiger partial charge in [0, 0.05) is 12.1 Å². The molecular weight excluding hydrogens is 552 g/mol. The third-order valence-electron chi connectivity index (χ3n) is 8.32. The second-order valence-corrected chi connectivity index (χ2v) is 13.3. The molecule has 3 aliphatic rings. The van der Waals surface area contributed by atoms with E-state index in [0.717, 1.165) is 58.1 Å². The van der Waals surface area contributed by atoms with E-state index in [1.165, 1.54) is 34.5 Å². The Labute approximate surface area is 247 Å². The summed E-state index contributed by atoms with van der Waals surface area (Å²) >= 11 is 0. The summed E-state index contributed by atoms with van der Waals surface area (Å²) in [6, 6.07) is 19.0. The van der Waals surface area contributed by atoms with Crippen LogP contribution < -0.4 is 9.47 Å². The van der Waals surface area contributed by atoms with E-state index in [9.17, 15) is 13.7 Å². The summed E-state index contributed by atoms with van der Waals surface area (Å²) in [5.74, 6) is 2.34. The van der Waals surface area contributed by atoms with E-state index in [1.807, 2.05) is 18.2 Å². The number of fused-ring (bicyclic) bond motifs is 1. The minimum atomic E-state index is -3.22. The quantitative estimate of drug-likeness (QED) is 0.342. The zero-order chi connectivity index (χ0) is 30.0. The van der Waals surface area contributed by atoms with E-state index in [2.05, 4.69) is 50.2 Å². The van der Waals surface area contributed by atoms with Gasteiger partial charge in [-0.05, 0) is 116 Å². The van der Waals surface area contributed by atoms with Crippen molar-refractivity contribution in [1.29, 1.82) is 5.26 Å². The molecule has 2 atom stereocenters. The number of nitriles is 1. The first-order chi connectivity index (χ1) is 20.1. The van der Waals surface area contributed by atoms with Crippen molar-refractivity contribution in [3.63, 3.8) is 0 Å². The van der Waals surface area contributed by atoms with E-state index in [4.69, 9.17) is 19.4 Å². The average Bonchev–Trinajstić information content (AvgIpc) is 3.55. The lowest BCUT2D eigenvalue weighted by atomic mass is 9.87. The maximum absolute atomic E-state index is 11.9. The van der Waals surface area contributed by atoms with Crippen molar-refractivity contribution in [2.45, 2.75) is 64.1 Å². The second-order valence-electron chi connectivity index (χ2n) is 11.3. The minimum Gasteiger partial charge on any atom is -0.489 e. The first-order valence-electron chi connectivity index (χ1n) is 14.3. The van der Waals surface area contributed by atoms with E-state index in [0.29, 0.717) is 25.1 Å². The highest BCUT2D eigenvalue weighted by molar-refractivity contribution is 7.88. The van der Waals surface area contributed by atoms with Crippen molar-refractivity contribution in [2.75, 3.05) is 19.3 Å². The Balaban J connectivity index is 0.00000113. The Morgan fingerprint density at radius 1 is 0.952 bits per heavy atom. The van der Waals surface area contributed by atoms with Gasteiger partial charge in [0.1, 0.15) is 23.7 Å². The van der Waals surface area contributed by atoms with E-state index in [1.54, 1.807) is 0 Å². The van der Waals surface area contributed by atoms with Crippen LogP contribution in [0.15, 0.2) is 48.5 Å². The lowest BCUT2D eigenvalue weighted by Gasteiger charge is -2.20. The van der Waals surface area contributed by atoms with Gasteiger partial charge in [-0.1, -0.05) is 18.2 Å². The molecule has 0 aromatic heterocycles. The Kier molecular flexibility index (Phi) is 8.58. The Morgan fingerprint density at radius 3 is 2.19 bits per heavy atom. The molecule has 1 N–H and O–H groups in total. The van der Waals surface area contributed by atoms with Crippen molar-refractivity contribution in [3.8, 4) is 28.7 Å². The van der Waals surface area contributed by atoms with Crippen LogP contribution >= 0.6 is 0 Å². The highest BCUT2D eigenvalue weighted by atomic mass is 32.2. The molecule has 3 aromatic rings. The molecule has 1 saturated heterocycles. The van der Waals surface area contributed by atoms with Crippen LogP contribution in [0.25, 0.3) is 11.1 Å². The lowest BCUT2D eigenvalue weighted by molar-refractivity contribution is -0.122. The van der Waals surface area contributed by atoms with Gasteiger partial charge in [-0.25, -0.2) is 8.42 Å². The summed E-state index contributed by atoms with van der Waals surface area (Å²) in [7, 11) is -3.22. The summed E-state index contributed by atoms with van der Waals surface area (Å²) in [5, 5.41) is 16.9. The first kappa shape index (κ1) is 29.6. The molecule has 2 aliphatic carbocycles. The third kappa shape index (κ3) is 6.30. The molecule has 9 heteroatoms. The van der Waals surface area contributed by atoms with Crippen molar-refractivity contribution < 1.29 is 27.8 Å². The molecule has 1 heterocycles. The number of carbonyl (C=O) groups is 1. The van der Waals surface area contributed by atoms with Crippen LogP contribution in [-0.2, 0) is 21.2 Å². The first-order valence-corrected chi connectivity index (χ1v) is 16.1. The molecule has 2 unspecified atom stereocenters. The summed E-state index contributed by atoms with van der Waals surface area (Å²) in [4.78, 5) is 8.36. The number of ether oxygens (including phenoxy) is 2. The molecule has 0 bridgehead atoms. The van der Waals surface area contributed by atoms with Gasteiger partial charge in [0.25, 0.3) is 6.47 Å². The molecule has 0 radical (unpaired) electrons. The SMILES string of the molecule is Cc1cc(OC2CCN(S(C)(=O)=O)C2)cc(C)c1-c1c(C#N)ccc2c1CCC2Oc1ccc(C2CC2)cc1.O=CO. The summed E-state index contributed by atoms with van der Waals surface area (Å²) < 4.78 is 37.9. The number of rotatable bonds is 7. The standard InChI is InChI=1S/C32H34N2O4S.CH2O2/c1-20-16-27(37-26-14-15-34(19-26)39(3,35)36)17-21(2)31(20)32-24(18-33)8-11-28-29(32)12-13-30(28)38-25-9-6-23(7-10-25)22-4-5-22;2-1-3/h6-11,16-17,22,26,30H,4-5,12-15,19H2,1-3H3;1H,(H,2,3). The second kappa shape index (κ2) is 12.2. The number of carboxylic acid groups (broad SMARTS) is 1. The van der Waals surface area contributed by atoms with Crippen molar-refractivity contribution in [3.05, 3.63) is 81.9 Å². The molecule has 0 spiro atoms. The minimum absolute atomic E-state index is 0.0401. The highest BCUT2D eigenvalue weighted by Crippen LogP contribution is 2.45. The average molecular weight is 589 g/mol. The van der Waals surface area contributed by atoms with Gasteiger partial charge >= 0.3 is 0 Å². The lowest BCUT2D eigenvalue weighted by Crippen LogP contribution is -2.29. The number of aryl methyl sites for hydroxylation is 2. The van der Waals surface area contributed by atoms with Crippen molar-refractivity contribution in [1.82, 2.24) is 4.31 Å². The maximum atomic E-state index is 11.9. The van der Waals surface area contributed by atoms with Crippen LogP contribution in [0.5, 0.6) is 11.5 Å². The molecule has 1 saturated carbocycles. The van der Waals surface area contributed by atoms with E-state index in [-0.39, 0.29) is 18.7 Å². The monoisotopic (exact) mass is 588 g/mol. The molecule has 3 aromatic carbocycles. The van der Waals surface area contributed by atoms with Crippen molar-refractivity contribution in [2.24, 2.45) is 0 Å². The van der Waals surface area contributed by atoms with Crippen LogP contribution in [0.3, 0.4) is 0 Å². The van der Waals surface area contributed by atoms with Gasteiger partial charge in [-0.3, -0.25) is 4.79 Å². The highest BCUT2D eigenvalue weighted by Gasteiger charge is 2.32. The number of hydrogen-bond acceptors (Lipinski definition) is 6. The Morgan fingerprint density at radius 2 is 1.62 bits per heavy atom. The summed E-state index contributed by atoms with van der Waals surface area (Å²) in [6.07, 6.45) is 6.00. The Bertz CT molecular complexity index is 1600. The van der Waals surface area contributed by atoms with E-state index < -0.39 is 10.0 Å². The fourth-order valence-electron chi connectivity index (χ4n) is 6.24. The number of sulfonamides is 1. The van der Waals surface area contributed by atoms with Gasteiger partial charge in [0.05, 0.1) is 24.4 Å². The number of hydrogen-bond donors (Lipinski definition) is 1. The van der Waals surface area contributed by atoms with Crippen molar-refractivity contribution >= 4 is 16.5 Å². The normalized spacial score (nSPS) is 19.8. The predicted molar refractivity (Wildman–Crippen MR) is 160 cm³/mol. The van der Waals surface area contributed by atoms with Crippen LogP contribution in [0.1, 0.15) is 71.1 Å². The van der Waals surface area contributed by atoms with Gasteiger partial charge in [0.15, 0.2) is 0 Å². The van der Waals surface area contributed by atoms with Gasteiger partial charge in [0.2, 0.25) is 10.0 Å². The summed E-state index contributed by atoms with van der Waals surface area (Å²) in [5.41, 5.74) is 8.54. The third-order valence-corrected chi connectivity index (χ3v) is 9.59. The van der Waals surface area contributed by atoms with Crippen LogP contribution in [0.2, 0.25) is 0 Å². The van der Waals surface area contributed by atoms with Crippen LogP contribution in [0.4, 0.5) is 0 Å². The largest absolute Gasteiger partial charge is 0.489 e. The topological polar surface area (TPSA) is 117 Å². The Hall–Kier alpha value is -3.87. The molecule has 1 aliphatic heterocycles. The zero-order valence-corrected chi connectivity index (χ0v) is 25.0. The van der Waals surface area contributed by atoms with Crippen LogP contribution in [-0.4, -0.2) is 49.8 Å². The van der Waals surface area contributed by atoms with Gasteiger partial charge in [-0.2, -0.15) is 9.57 Å². The maximum Gasteiger partial charge on any atom is 0.290 e. The van der Waals surface area contributed by atoms with Gasteiger partial charge in [-0.15, -0.1) is 0 Å². The summed E-state index contributed by atoms with van der Waals surface area (Å²) in [6.45, 7) is 4.71. The predicted octanol–water partition coefficient (Wildman–Crippen LogP) is 5.90. The molecule has 2 fully saturated rings. The van der Waals surface area contributed by atoms with Crippen LogP contribution in [0, 0.1) is 25.2 Å². The number of nitrogens with zero attached hydrogens (tertiary/aromatic N) is 2. The fraction of sp³-hybridized carbons (Fsp3) is 0.394.